The van der Waals surface area contributed by atoms with Gasteiger partial charge in [0.25, 0.3) is 0 Å². The van der Waals surface area contributed by atoms with Crippen LogP contribution in [-0.2, 0) is 18.4 Å². The lowest BCUT2D eigenvalue weighted by Crippen LogP contribution is -2.20. The van der Waals surface area contributed by atoms with E-state index in [9.17, 15) is 9.59 Å². The van der Waals surface area contributed by atoms with Crippen molar-refractivity contribution in [1.82, 2.24) is 15.1 Å². The largest absolute Gasteiger partial charge is 0.351 e. The summed E-state index contributed by atoms with van der Waals surface area (Å²) >= 11 is 0. The van der Waals surface area contributed by atoms with E-state index in [1.165, 1.54) is 6.08 Å². The standard InChI is InChI=1S/C17H21N5O2/c1-11-15(12(2)22(3)21-11)8-9-16(23)19-10-13-4-6-14(7-5-13)20-17(18)24/h4-9H,10H2,1-3H3,(H,19,23)(H3,18,20,24)/b9-8+. The van der Waals surface area contributed by atoms with Crippen LogP contribution in [0.25, 0.3) is 6.08 Å². The minimum Gasteiger partial charge on any atom is -0.351 e. The first-order valence-electron chi connectivity index (χ1n) is 7.48. The number of nitrogens with zero attached hydrogens (tertiary/aromatic N) is 2. The number of benzene rings is 1. The second kappa shape index (κ2) is 7.45. The topological polar surface area (TPSA) is 102 Å². The van der Waals surface area contributed by atoms with Crippen LogP contribution in [0.15, 0.2) is 30.3 Å². The zero-order valence-corrected chi connectivity index (χ0v) is 14.0. The van der Waals surface area contributed by atoms with Crippen molar-refractivity contribution in [2.45, 2.75) is 20.4 Å². The van der Waals surface area contributed by atoms with Gasteiger partial charge < -0.3 is 16.4 Å². The Labute approximate surface area is 140 Å². The number of urea groups is 1. The number of rotatable bonds is 5. The Kier molecular flexibility index (Phi) is 5.36. The molecular weight excluding hydrogens is 306 g/mol. The van der Waals surface area contributed by atoms with Crippen LogP contribution < -0.4 is 16.4 Å². The summed E-state index contributed by atoms with van der Waals surface area (Å²) in [5, 5.41) is 9.60. The van der Waals surface area contributed by atoms with Crippen LogP contribution in [0.4, 0.5) is 10.5 Å². The Morgan fingerprint density at radius 3 is 2.46 bits per heavy atom. The van der Waals surface area contributed by atoms with Crippen molar-refractivity contribution in [3.05, 3.63) is 52.9 Å². The molecule has 0 atom stereocenters. The number of amides is 3. The summed E-state index contributed by atoms with van der Waals surface area (Å²) in [6, 6.07) is 6.46. The fourth-order valence-corrected chi connectivity index (χ4v) is 2.29. The number of aryl methyl sites for hydroxylation is 2. The van der Waals surface area contributed by atoms with Gasteiger partial charge in [0.1, 0.15) is 0 Å². The van der Waals surface area contributed by atoms with E-state index in [1.807, 2.05) is 33.0 Å². The third kappa shape index (κ3) is 4.45. The minimum atomic E-state index is -0.609. The van der Waals surface area contributed by atoms with Crippen LogP contribution in [0.1, 0.15) is 22.5 Å². The molecule has 1 heterocycles. The van der Waals surface area contributed by atoms with Gasteiger partial charge in [0.15, 0.2) is 0 Å². The molecule has 126 valence electrons. The molecule has 1 aromatic carbocycles. The second-order valence-electron chi connectivity index (χ2n) is 5.45. The van der Waals surface area contributed by atoms with Crippen molar-refractivity contribution < 1.29 is 9.59 Å². The van der Waals surface area contributed by atoms with Gasteiger partial charge in [-0.2, -0.15) is 5.10 Å². The van der Waals surface area contributed by atoms with E-state index in [-0.39, 0.29) is 5.91 Å². The number of anilines is 1. The molecule has 7 nitrogen and oxygen atoms in total. The molecule has 24 heavy (non-hydrogen) atoms. The molecule has 0 unspecified atom stereocenters. The second-order valence-corrected chi connectivity index (χ2v) is 5.45. The summed E-state index contributed by atoms with van der Waals surface area (Å²) in [4.78, 5) is 22.7. The first kappa shape index (κ1) is 17.3. The summed E-state index contributed by atoms with van der Waals surface area (Å²) in [6.45, 7) is 4.26. The average Bonchev–Trinajstić information content (AvgIpc) is 2.77. The lowest BCUT2D eigenvalue weighted by Gasteiger charge is -2.05. The zero-order valence-electron chi connectivity index (χ0n) is 14.0. The maximum Gasteiger partial charge on any atom is 0.316 e. The van der Waals surface area contributed by atoms with Crippen LogP contribution in [0, 0.1) is 13.8 Å². The quantitative estimate of drug-likeness (QED) is 0.730. The molecule has 4 N–H and O–H groups in total. The van der Waals surface area contributed by atoms with Crippen molar-refractivity contribution in [2.24, 2.45) is 12.8 Å². The van der Waals surface area contributed by atoms with Gasteiger partial charge in [-0.25, -0.2) is 4.79 Å². The number of hydrogen-bond acceptors (Lipinski definition) is 3. The maximum atomic E-state index is 11.9. The molecule has 1 aromatic heterocycles. The lowest BCUT2D eigenvalue weighted by molar-refractivity contribution is -0.116. The molecule has 0 spiro atoms. The maximum absolute atomic E-state index is 11.9. The molecule has 2 aromatic rings. The summed E-state index contributed by atoms with van der Waals surface area (Å²) in [5.74, 6) is -0.183. The zero-order chi connectivity index (χ0) is 17.7. The summed E-state index contributed by atoms with van der Waals surface area (Å²) in [7, 11) is 1.87. The SMILES string of the molecule is Cc1nn(C)c(C)c1/C=C/C(=O)NCc1ccc(NC(N)=O)cc1. The number of primary amides is 1. The predicted molar refractivity (Wildman–Crippen MR) is 93.2 cm³/mol. The van der Waals surface area contributed by atoms with Gasteiger partial charge in [-0.3, -0.25) is 9.48 Å². The number of nitrogens with one attached hydrogen (secondary N) is 2. The molecule has 0 saturated heterocycles. The number of aromatic nitrogens is 2. The van der Waals surface area contributed by atoms with E-state index < -0.39 is 6.03 Å². The first-order valence-corrected chi connectivity index (χ1v) is 7.48. The molecule has 7 heteroatoms. The van der Waals surface area contributed by atoms with Gasteiger partial charge in [-0.1, -0.05) is 12.1 Å². The van der Waals surface area contributed by atoms with Gasteiger partial charge in [-0.05, 0) is 37.6 Å². The van der Waals surface area contributed by atoms with Crippen LogP contribution in [-0.4, -0.2) is 21.7 Å². The van der Waals surface area contributed by atoms with Crippen molar-refractivity contribution in [3.63, 3.8) is 0 Å². The molecular formula is C17H21N5O2. The highest BCUT2D eigenvalue weighted by Gasteiger charge is 2.06. The third-order valence-electron chi connectivity index (χ3n) is 3.65. The van der Waals surface area contributed by atoms with Gasteiger partial charge in [-0.15, -0.1) is 0 Å². The Balaban J connectivity index is 1.91. The predicted octanol–water partition coefficient (Wildman–Crippen LogP) is 1.86. The van der Waals surface area contributed by atoms with Gasteiger partial charge >= 0.3 is 6.03 Å². The summed E-state index contributed by atoms with van der Waals surface area (Å²) in [6.07, 6.45) is 3.27. The molecule has 0 aliphatic heterocycles. The van der Waals surface area contributed by atoms with Gasteiger partial charge in [0, 0.05) is 36.6 Å². The fourth-order valence-electron chi connectivity index (χ4n) is 2.29. The number of hydrogen-bond donors (Lipinski definition) is 3. The van der Waals surface area contributed by atoms with E-state index >= 15 is 0 Å². The Morgan fingerprint density at radius 2 is 1.92 bits per heavy atom. The monoisotopic (exact) mass is 327 g/mol. The molecule has 0 aliphatic carbocycles. The van der Waals surface area contributed by atoms with Crippen molar-refractivity contribution in [1.29, 1.82) is 0 Å². The van der Waals surface area contributed by atoms with Crippen LogP contribution >= 0.6 is 0 Å². The normalized spacial score (nSPS) is 10.8. The first-order chi connectivity index (χ1) is 11.4. The van der Waals surface area contributed by atoms with Crippen molar-refractivity contribution in [2.75, 3.05) is 5.32 Å². The van der Waals surface area contributed by atoms with Crippen LogP contribution in [0.5, 0.6) is 0 Å². The van der Waals surface area contributed by atoms with E-state index in [4.69, 9.17) is 5.73 Å². The number of carbonyl (C=O) groups excluding carboxylic acids is 2. The Bertz CT molecular complexity index is 775. The Hall–Kier alpha value is -3.09. The lowest BCUT2D eigenvalue weighted by atomic mass is 10.2. The molecule has 0 radical (unpaired) electrons. The molecule has 0 aliphatic rings. The molecule has 2 rings (SSSR count). The highest BCUT2D eigenvalue weighted by atomic mass is 16.2. The van der Waals surface area contributed by atoms with E-state index in [0.29, 0.717) is 12.2 Å². The van der Waals surface area contributed by atoms with E-state index in [2.05, 4.69) is 15.7 Å². The third-order valence-corrected chi connectivity index (χ3v) is 3.65. The molecule has 0 saturated carbocycles. The average molecular weight is 327 g/mol. The minimum absolute atomic E-state index is 0.183. The summed E-state index contributed by atoms with van der Waals surface area (Å²) in [5.41, 5.74) is 9.42. The van der Waals surface area contributed by atoms with Crippen LogP contribution in [0.2, 0.25) is 0 Å². The number of nitrogens with two attached hydrogens (primary N) is 1. The van der Waals surface area contributed by atoms with Crippen LogP contribution in [0.3, 0.4) is 0 Å². The van der Waals surface area contributed by atoms with E-state index in [1.54, 1.807) is 22.9 Å². The van der Waals surface area contributed by atoms with Gasteiger partial charge in [0.2, 0.25) is 5.91 Å². The highest BCUT2D eigenvalue weighted by Crippen LogP contribution is 2.13. The number of carbonyl (C=O) groups is 2. The van der Waals surface area contributed by atoms with Crippen molar-refractivity contribution >= 4 is 23.7 Å². The van der Waals surface area contributed by atoms with E-state index in [0.717, 1.165) is 22.5 Å². The van der Waals surface area contributed by atoms with Gasteiger partial charge in [0.05, 0.1) is 5.69 Å². The highest BCUT2D eigenvalue weighted by molar-refractivity contribution is 5.92. The molecule has 0 bridgehead atoms. The molecule has 3 amide bonds. The fraction of sp³-hybridized carbons (Fsp3) is 0.235. The molecule has 0 fully saturated rings. The summed E-state index contributed by atoms with van der Waals surface area (Å²) < 4.78 is 1.79. The smallest absolute Gasteiger partial charge is 0.316 e. The Morgan fingerprint density at radius 1 is 1.25 bits per heavy atom. The van der Waals surface area contributed by atoms with Crippen molar-refractivity contribution in [3.8, 4) is 0 Å².